The summed E-state index contributed by atoms with van der Waals surface area (Å²) in [6.07, 6.45) is 0.714. The van der Waals surface area contributed by atoms with Crippen LogP contribution in [-0.2, 0) is 0 Å². The lowest BCUT2D eigenvalue weighted by Crippen LogP contribution is -2.22. The molecule has 1 aromatic rings. The molecule has 0 saturated heterocycles. The van der Waals surface area contributed by atoms with Crippen LogP contribution < -0.4 is 5.73 Å². The van der Waals surface area contributed by atoms with Crippen LogP contribution in [0.15, 0.2) is 29.2 Å². The fourth-order valence-corrected chi connectivity index (χ4v) is 2.09. The summed E-state index contributed by atoms with van der Waals surface area (Å²) in [6, 6.07) is 7.53. The third-order valence-electron chi connectivity index (χ3n) is 2.28. The smallest absolute Gasteiger partial charge is 0.106 e. The van der Waals surface area contributed by atoms with Crippen LogP contribution in [0.2, 0.25) is 0 Å². The number of hydrogen-bond donors (Lipinski definition) is 3. The molecule has 4 N–H and O–H groups in total. The molecule has 0 amide bonds. The molecule has 3 nitrogen and oxygen atoms in total. The molecule has 0 aliphatic carbocycles. The van der Waals surface area contributed by atoms with Gasteiger partial charge in [0.15, 0.2) is 0 Å². The Morgan fingerprint density at radius 2 is 2.00 bits per heavy atom. The molecule has 0 radical (unpaired) electrons. The molecule has 0 saturated carbocycles. The summed E-state index contributed by atoms with van der Waals surface area (Å²) in [4.78, 5) is 0.987. The van der Waals surface area contributed by atoms with Crippen molar-refractivity contribution in [2.75, 3.05) is 12.8 Å². The lowest BCUT2D eigenvalue weighted by atomic mass is 10.0. The summed E-state index contributed by atoms with van der Waals surface area (Å²) >= 11 is 1.56. The topological polar surface area (TPSA) is 66.5 Å². The van der Waals surface area contributed by atoms with E-state index in [9.17, 15) is 10.2 Å². The number of nitrogens with two attached hydrogens (primary N) is 1. The minimum Gasteiger partial charge on any atom is -0.390 e. The average molecular weight is 227 g/mol. The predicted molar refractivity (Wildman–Crippen MR) is 62.9 cm³/mol. The summed E-state index contributed by atoms with van der Waals surface area (Å²) in [5.74, 6) is 0. The molecule has 0 spiro atoms. The second kappa shape index (κ2) is 6.12. The Kier molecular flexibility index (Phi) is 5.11. The van der Waals surface area contributed by atoms with Gasteiger partial charge < -0.3 is 15.9 Å². The van der Waals surface area contributed by atoms with Crippen LogP contribution in [-0.4, -0.2) is 29.1 Å². The molecule has 0 fully saturated rings. The van der Waals surface area contributed by atoms with Crippen molar-refractivity contribution < 1.29 is 10.2 Å². The molecule has 1 aromatic carbocycles. The molecule has 0 aliphatic rings. The van der Waals surface area contributed by atoms with Gasteiger partial charge in [0.05, 0.1) is 6.10 Å². The van der Waals surface area contributed by atoms with Crippen LogP contribution in [0.5, 0.6) is 0 Å². The van der Waals surface area contributed by atoms with E-state index in [4.69, 9.17) is 5.73 Å². The van der Waals surface area contributed by atoms with Gasteiger partial charge >= 0.3 is 0 Å². The van der Waals surface area contributed by atoms with E-state index >= 15 is 0 Å². The first kappa shape index (κ1) is 12.5. The summed E-state index contributed by atoms with van der Waals surface area (Å²) in [7, 11) is 0. The number of thioether (sulfide) groups is 1. The Morgan fingerprint density at radius 3 is 2.60 bits per heavy atom. The lowest BCUT2D eigenvalue weighted by Gasteiger charge is -2.19. The maximum atomic E-state index is 9.91. The quantitative estimate of drug-likeness (QED) is 0.660. The maximum Gasteiger partial charge on any atom is 0.106 e. The van der Waals surface area contributed by atoms with Gasteiger partial charge in [-0.25, -0.2) is 0 Å². The SMILES string of the molecule is CSc1ccccc1C(O)C(O)CCN. The van der Waals surface area contributed by atoms with E-state index in [2.05, 4.69) is 0 Å². The molecular formula is C11H17NO2S. The number of benzene rings is 1. The Morgan fingerprint density at radius 1 is 1.33 bits per heavy atom. The van der Waals surface area contributed by atoms with Gasteiger partial charge in [-0.1, -0.05) is 18.2 Å². The van der Waals surface area contributed by atoms with E-state index in [1.807, 2.05) is 30.5 Å². The van der Waals surface area contributed by atoms with Crippen LogP contribution in [0.3, 0.4) is 0 Å². The van der Waals surface area contributed by atoms with E-state index in [1.165, 1.54) is 0 Å². The highest BCUT2D eigenvalue weighted by Gasteiger charge is 2.19. The molecule has 0 bridgehead atoms. The summed E-state index contributed by atoms with van der Waals surface area (Å²) in [6.45, 7) is 0.375. The third-order valence-corrected chi connectivity index (χ3v) is 3.10. The van der Waals surface area contributed by atoms with Crippen LogP contribution in [0.1, 0.15) is 18.1 Å². The van der Waals surface area contributed by atoms with Crippen molar-refractivity contribution in [1.82, 2.24) is 0 Å². The van der Waals surface area contributed by atoms with Gasteiger partial charge in [0.1, 0.15) is 6.10 Å². The second-order valence-corrected chi connectivity index (χ2v) is 4.18. The van der Waals surface area contributed by atoms with Crippen molar-refractivity contribution in [2.45, 2.75) is 23.5 Å². The molecule has 0 heterocycles. The van der Waals surface area contributed by atoms with Crippen molar-refractivity contribution in [3.05, 3.63) is 29.8 Å². The summed E-state index contributed by atoms with van der Waals surface area (Å²) < 4.78 is 0. The minimum atomic E-state index is -0.850. The van der Waals surface area contributed by atoms with Gasteiger partial charge in [-0.05, 0) is 30.9 Å². The third kappa shape index (κ3) is 3.21. The highest BCUT2D eigenvalue weighted by molar-refractivity contribution is 7.98. The average Bonchev–Trinajstić information content (AvgIpc) is 2.28. The molecule has 2 unspecified atom stereocenters. The van der Waals surface area contributed by atoms with E-state index in [0.29, 0.717) is 13.0 Å². The van der Waals surface area contributed by atoms with Crippen molar-refractivity contribution in [3.8, 4) is 0 Å². The normalized spacial score (nSPS) is 14.9. The van der Waals surface area contributed by atoms with Gasteiger partial charge in [-0.15, -0.1) is 11.8 Å². The first-order valence-corrected chi connectivity index (χ1v) is 6.12. The van der Waals surface area contributed by atoms with Gasteiger partial charge in [0.25, 0.3) is 0 Å². The van der Waals surface area contributed by atoms with E-state index < -0.39 is 12.2 Å². The van der Waals surface area contributed by atoms with Crippen molar-refractivity contribution in [1.29, 1.82) is 0 Å². The van der Waals surface area contributed by atoms with Gasteiger partial charge in [0, 0.05) is 4.90 Å². The number of hydrogen-bond acceptors (Lipinski definition) is 4. The fourth-order valence-electron chi connectivity index (χ4n) is 1.45. The number of aliphatic hydroxyl groups excluding tert-OH is 2. The monoisotopic (exact) mass is 227 g/mol. The highest BCUT2D eigenvalue weighted by Crippen LogP contribution is 2.28. The van der Waals surface area contributed by atoms with Crippen molar-refractivity contribution in [2.24, 2.45) is 5.73 Å². The number of rotatable bonds is 5. The van der Waals surface area contributed by atoms with Crippen LogP contribution in [0.4, 0.5) is 0 Å². The highest BCUT2D eigenvalue weighted by atomic mass is 32.2. The molecular weight excluding hydrogens is 210 g/mol. The lowest BCUT2D eigenvalue weighted by molar-refractivity contribution is 0.0135. The van der Waals surface area contributed by atoms with Crippen LogP contribution >= 0.6 is 11.8 Å². The Balaban J connectivity index is 2.84. The maximum absolute atomic E-state index is 9.91. The van der Waals surface area contributed by atoms with Crippen LogP contribution in [0.25, 0.3) is 0 Å². The number of aliphatic hydroxyl groups is 2. The van der Waals surface area contributed by atoms with E-state index in [-0.39, 0.29) is 0 Å². The molecule has 15 heavy (non-hydrogen) atoms. The van der Waals surface area contributed by atoms with Crippen molar-refractivity contribution in [3.63, 3.8) is 0 Å². The molecule has 0 aromatic heterocycles. The molecule has 84 valence electrons. The second-order valence-electron chi connectivity index (χ2n) is 3.33. The zero-order chi connectivity index (χ0) is 11.3. The minimum absolute atomic E-state index is 0.375. The van der Waals surface area contributed by atoms with Gasteiger partial charge in [-0.3, -0.25) is 0 Å². The van der Waals surface area contributed by atoms with E-state index in [0.717, 1.165) is 10.5 Å². The molecule has 2 atom stereocenters. The first-order chi connectivity index (χ1) is 7.20. The fraction of sp³-hybridized carbons (Fsp3) is 0.455. The summed E-state index contributed by atoms with van der Waals surface area (Å²) in [5.41, 5.74) is 6.11. The van der Waals surface area contributed by atoms with Crippen molar-refractivity contribution >= 4 is 11.8 Å². The Hall–Kier alpha value is -0.550. The zero-order valence-electron chi connectivity index (χ0n) is 8.76. The summed E-state index contributed by atoms with van der Waals surface area (Å²) in [5, 5.41) is 19.6. The molecule has 1 rings (SSSR count). The zero-order valence-corrected chi connectivity index (χ0v) is 9.57. The first-order valence-electron chi connectivity index (χ1n) is 4.89. The molecule has 4 heteroatoms. The Bertz CT molecular complexity index is 306. The predicted octanol–water partition coefficient (Wildman–Crippen LogP) is 1.15. The van der Waals surface area contributed by atoms with Gasteiger partial charge in [0.2, 0.25) is 0 Å². The standard InChI is InChI=1S/C11H17NO2S/c1-15-10-5-3-2-4-8(10)11(14)9(13)6-7-12/h2-5,9,11,13-14H,6-7,12H2,1H3. The van der Waals surface area contributed by atoms with Gasteiger partial charge in [-0.2, -0.15) is 0 Å². The molecule has 0 aliphatic heterocycles. The Labute approximate surface area is 94.3 Å². The van der Waals surface area contributed by atoms with E-state index in [1.54, 1.807) is 11.8 Å². The largest absolute Gasteiger partial charge is 0.390 e. The van der Waals surface area contributed by atoms with Crippen LogP contribution in [0, 0.1) is 0 Å².